The first-order valence-corrected chi connectivity index (χ1v) is 17.1. The van der Waals surface area contributed by atoms with Crippen LogP contribution < -0.4 is 0 Å². The summed E-state index contributed by atoms with van der Waals surface area (Å²) in [5.41, 5.74) is 5.11. The van der Waals surface area contributed by atoms with E-state index in [4.69, 9.17) is 19.9 Å². The van der Waals surface area contributed by atoms with Gasteiger partial charge in [-0.05, 0) is 44.8 Å². The lowest BCUT2D eigenvalue weighted by Crippen LogP contribution is -2.01. The Kier molecular flexibility index (Phi) is 6.32. The molecule has 0 aliphatic carbocycles. The van der Waals surface area contributed by atoms with Crippen molar-refractivity contribution < 1.29 is 0 Å². The fourth-order valence-corrected chi connectivity index (χ4v) is 8.22. The van der Waals surface area contributed by atoms with Crippen LogP contribution in [-0.2, 0) is 0 Å². The quantitative estimate of drug-likeness (QED) is 0.179. The van der Waals surface area contributed by atoms with Gasteiger partial charge in [0.15, 0.2) is 17.5 Å². The van der Waals surface area contributed by atoms with E-state index in [-0.39, 0.29) is 0 Å². The van der Waals surface area contributed by atoms with Crippen LogP contribution in [0.3, 0.4) is 0 Å². The molecule has 0 aliphatic heterocycles. The number of hydrogen-bond acceptors (Lipinski definition) is 5. The Hall–Kier alpha value is -6.30. The summed E-state index contributed by atoms with van der Waals surface area (Å²) in [5.74, 6) is 1.87. The predicted molar refractivity (Wildman–Crippen MR) is 205 cm³/mol. The fourth-order valence-electron chi connectivity index (χ4n) is 7.09. The van der Waals surface area contributed by atoms with Gasteiger partial charge in [-0.3, -0.25) is 4.98 Å². The Balaban J connectivity index is 1.25. The van der Waals surface area contributed by atoms with Gasteiger partial charge in [0.2, 0.25) is 0 Å². The second-order valence-electron chi connectivity index (χ2n) is 12.3. The Labute approximate surface area is 286 Å². The normalized spacial score (nSPS) is 11.7. The predicted octanol–water partition coefficient (Wildman–Crippen LogP) is 11.8. The van der Waals surface area contributed by atoms with Crippen molar-refractivity contribution in [2.24, 2.45) is 0 Å². The molecular formula is C44H26N4S. The van der Waals surface area contributed by atoms with Gasteiger partial charge in [-0.25, -0.2) is 15.0 Å². The molecule has 0 atom stereocenters. The van der Waals surface area contributed by atoms with E-state index in [0.717, 1.165) is 38.4 Å². The summed E-state index contributed by atoms with van der Waals surface area (Å²) in [7, 11) is 0. The minimum atomic E-state index is 0.599. The standard InChI is InChI=1S/C44H26N4S/c1-2-9-27(10-3-1)28-17-19-30(20-18-28)42-46-43(36-14-8-16-39-41(36)35-13-6-7-15-38(35)49-39)48-44(47-42)37-26-45-25-31-22-23-33-32-12-5-4-11-29(32)21-24-34(33)40(31)37/h1-26H. The number of rotatable bonds is 4. The molecule has 0 aliphatic rings. The zero-order valence-electron chi connectivity index (χ0n) is 26.2. The monoisotopic (exact) mass is 642 g/mol. The third kappa shape index (κ3) is 4.59. The maximum Gasteiger partial charge on any atom is 0.166 e. The molecule has 3 heterocycles. The summed E-state index contributed by atoms with van der Waals surface area (Å²) in [6.45, 7) is 0. The highest BCUT2D eigenvalue weighted by Gasteiger charge is 2.19. The van der Waals surface area contributed by atoms with Gasteiger partial charge in [0.1, 0.15) is 0 Å². The maximum atomic E-state index is 5.26. The highest BCUT2D eigenvalue weighted by atomic mass is 32.1. The smallest absolute Gasteiger partial charge is 0.166 e. The number of hydrogen-bond donors (Lipinski definition) is 0. The fraction of sp³-hybridized carbons (Fsp3) is 0. The highest BCUT2D eigenvalue weighted by molar-refractivity contribution is 7.25. The largest absolute Gasteiger partial charge is 0.263 e. The Morgan fingerprint density at radius 1 is 0.347 bits per heavy atom. The maximum absolute atomic E-state index is 5.26. The molecule has 0 fully saturated rings. The molecule has 5 heteroatoms. The van der Waals surface area contributed by atoms with Crippen LogP contribution in [0.25, 0.3) is 97.8 Å². The van der Waals surface area contributed by atoms with E-state index in [0.29, 0.717) is 17.5 Å². The van der Waals surface area contributed by atoms with Crippen molar-refractivity contribution in [3.63, 3.8) is 0 Å². The second kappa shape index (κ2) is 11.2. The zero-order chi connectivity index (χ0) is 32.3. The van der Waals surface area contributed by atoms with Crippen LogP contribution in [0.1, 0.15) is 0 Å². The van der Waals surface area contributed by atoms with E-state index < -0.39 is 0 Å². The van der Waals surface area contributed by atoms with Gasteiger partial charge in [-0.1, -0.05) is 133 Å². The van der Waals surface area contributed by atoms with Crippen molar-refractivity contribution in [1.29, 1.82) is 0 Å². The van der Waals surface area contributed by atoms with Crippen molar-refractivity contribution in [2.75, 3.05) is 0 Å². The topological polar surface area (TPSA) is 51.6 Å². The van der Waals surface area contributed by atoms with E-state index in [2.05, 4.69) is 140 Å². The van der Waals surface area contributed by atoms with E-state index in [9.17, 15) is 0 Å². The Morgan fingerprint density at radius 3 is 1.88 bits per heavy atom. The zero-order valence-corrected chi connectivity index (χ0v) is 27.0. The Bertz CT molecular complexity index is 2880. The van der Waals surface area contributed by atoms with E-state index in [1.54, 1.807) is 11.3 Å². The lowest BCUT2D eigenvalue weighted by atomic mass is 9.95. The second-order valence-corrected chi connectivity index (χ2v) is 13.3. The van der Waals surface area contributed by atoms with Crippen LogP contribution in [0.5, 0.6) is 0 Å². The van der Waals surface area contributed by atoms with Gasteiger partial charge in [0.25, 0.3) is 0 Å². The number of thiophene rings is 1. The molecule has 10 aromatic rings. The van der Waals surface area contributed by atoms with Crippen molar-refractivity contribution in [3.8, 4) is 45.3 Å². The number of benzene rings is 7. The molecule has 0 bridgehead atoms. The van der Waals surface area contributed by atoms with Gasteiger partial charge in [-0.15, -0.1) is 11.3 Å². The third-order valence-corrected chi connectivity index (χ3v) is 10.6. The summed E-state index contributed by atoms with van der Waals surface area (Å²) >= 11 is 1.79. The van der Waals surface area contributed by atoms with E-state index in [1.165, 1.54) is 41.9 Å². The summed E-state index contributed by atoms with van der Waals surface area (Å²) in [5, 5.41) is 9.27. The van der Waals surface area contributed by atoms with Crippen LogP contribution in [-0.4, -0.2) is 19.9 Å². The van der Waals surface area contributed by atoms with Gasteiger partial charge in [0.05, 0.1) is 0 Å². The van der Waals surface area contributed by atoms with Crippen molar-refractivity contribution >= 4 is 63.8 Å². The number of pyridine rings is 1. The molecule has 0 spiro atoms. The van der Waals surface area contributed by atoms with Crippen LogP contribution in [0.2, 0.25) is 0 Å². The van der Waals surface area contributed by atoms with E-state index in [1.807, 2.05) is 18.5 Å². The van der Waals surface area contributed by atoms with Crippen molar-refractivity contribution in [3.05, 3.63) is 158 Å². The first-order valence-electron chi connectivity index (χ1n) is 16.3. The number of fused-ring (bicyclic) bond motifs is 8. The molecule has 0 saturated carbocycles. The molecule has 0 radical (unpaired) electrons. The number of aromatic nitrogens is 4. The summed E-state index contributed by atoms with van der Waals surface area (Å²) in [6, 6.07) is 51.2. The average Bonchev–Trinajstić information content (AvgIpc) is 3.57. The average molecular weight is 643 g/mol. The molecular weight excluding hydrogens is 617 g/mol. The number of nitrogens with zero attached hydrogens (tertiary/aromatic N) is 4. The van der Waals surface area contributed by atoms with Crippen LogP contribution in [0.15, 0.2) is 158 Å². The van der Waals surface area contributed by atoms with Crippen molar-refractivity contribution in [2.45, 2.75) is 0 Å². The summed E-state index contributed by atoms with van der Waals surface area (Å²) in [4.78, 5) is 20.3. The van der Waals surface area contributed by atoms with Gasteiger partial charge < -0.3 is 0 Å². The highest BCUT2D eigenvalue weighted by Crippen LogP contribution is 2.41. The molecule has 0 saturated heterocycles. The molecule has 0 N–H and O–H groups in total. The Morgan fingerprint density at radius 2 is 1.00 bits per heavy atom. The van der Waals surface area contributed by atoms with Gasteiger partial charge >= 0.3 is 0 Å². The summed E-state index contributed by atoms with van der Waals surface area (Å²) in [6.07, 6.45) is 3.83. The minimum Gasteiger partial charge on any atom is -0.263 e. The molecule has 4 nitrogen and oxygen atoms in total. The first kappa shape index (κ1) is 27.8. The summed E-state index contributed by atoms with van der Waals surface area (Å²) < 4.78 is 2.45. The minimum absolute atomic E-state index is 0.599. The van der Waals surface area contributed by atoms with Gasteiger partial charge in [0, 0.05) is 60.0 Å². The molecule has 228 valence electrons. The molecule has 10 rings (SSSR count). The van der Waals surface area contributed by atoms with Gasteiger partial charge in [-0.2, -0.15) is 0 Å². The van der Waals surface area contributed by atoms with Crippen LogP contribution >= 0.6 is 11.3 Å². The SMILES string of the molecule is c1ccc(-c2ccc(-c3nc(-c4cncc5ccc6c7ccccc7ccc6c45)nc(-c4cccc5sc6ccccc6c45)n3)cc2)cc1. The van der Waals surface area contributed by atoms with E-state index >= 15 is 0 Å². The third-order valence-electron chi connectivity index (χ3n) is 9.41. The van der Waals surface area contributed by atoms with Crippen molar-refractivity contribution in [1.82, 2.24) is 19.9 Å². The molecule has 0 amide bonds. The molecule has 7 aromatic carbocycles. The van der Waals surface area contributed by atoms with Crippen LogP contribution in [0.4, 0.5) is 0 Å². The molecule has 49 heavy (non-hydrogen) atoms. The van der Waals surface area contributed by atoms with Crippen LogP contribution in [0, 0.1) is 0 Å². The lowest BCUT2D eigenvalue weighted by molar-refractivity contribution is 1.08. The molecule has 0 unspecified atom stereocenters. The lowest BCUT2D eigenvalue weighted by Gasteiger charge is -2.13. The first-order chi connectivity index (χ1) is 24.3. The molecule has 3 aromatic heterocycles.